The standard InChI is InChI=1S/C14H12N2O5/c1-9-2-3-11(16(19)20)7-13(9)21-8-10-4-5-15-12(6-10)14(17)18/h2-7H,8H2,1H3,(H,17,18). The van der Waals surface area contributed by atoms with Gasteiger partial charge in [-0.15, -0.1) is 0 Å². The first kappa shape index (κ1) is 14.4. The number of benzene rings is 1. The van der Waals surface area contributed by atoms with Gasteiger partial charge in [0.2, 0.25) is 0 Å². The summed E-state index contributed by atoms with van der Waals surface area (Å²) in [5.41, 5.74) is 1.24. The lowest BCUT2D eigenvalue weighted by Gasteiger charge is -2.09. The molecule has 2 aromatic rings. The molecule has 7 heteroatoms. The maximum atomic E-state index is 10.8. The molecule has 0 bridgehead atoms. The van der Waals surface area contributed by atoms with E-state index in [-0.39, 0.29) is 18.0 Å². The second kappa shape index (κ2) is 6.00. The summed E-state index contributed by atoms with van der Waals surface area (Å²) in [4.78, 5) is 24.8. The molecular weight excluding hydrogens is 276 g/mol. The van der Waals surface area contributed by atoms with Crippen molar-refractivity contribution >= 4 is 11.7 Å². The molecule has 0 amide bonds. The Morgan fingerprint density at radius 2 is 2.14 bits per heavy atom. The predicted octanol–water partition coefficient (Wildman–Crippen LogP) is 2.58. The smallest absolute Gasteiger partial charge is 0.354 e. The van der Waals surface area contributed by atoms with Gasteiger partial charge in [-0.05, 0) is 36.2 Å². The molecule has 0 unspecified atom stereocenters. The number of carboxylic acid groups (broad SMARTS) is 1. The number of aryl methyl sites for hydroxylation is 1. The van der Waals surface area contributed by atoms with E-state index in [0.717, 1.165) is 5.56 Å². The van der Waals surface area contributed by atoms with E-state index in [1.54, 1.807) is 19.1 Å². The highest BCUT2D eigenvalue weighted by molar-refractivity contribution is 5.85. The van der Waals surface area contributed by atoms with Crippen molar-refractivity contribution in [2.24, 2.45) is 0 Å². The van der Waals surface area contributed by atoms with E-state index in [0.29, 0.717) is 11.3 Å². The highest BCUT2D eigenvalue weighted by Gasteiger charge is 2.10. The van der Waals surface area contributed by atoms with Crippen molar-refractivity contribution in [2.75, 3.05) is 0 Å². The summed E-state index contributed by atoms with van der Waals surface area (Å²) in [5, 5.41) is 19.6. The van der Waals surface area contributed by atoms with Gasteiger partial charge in [0.25, 0.3) is 5.69 Å². The summed E-state index contributed by atoms with van der Waals surface area (Å²) in [6.07, 6.45) is 1.38. The number of nitrogens with zero attached hydrogens (tertiary/aromatic N) is 2. The van der Waals surface area contributed by atoms with Crippen molar-refractivity contribution in [3.8, 4) is 5.75 Å². The normalized spacial score (nSPS) is 10.1. The fraction of sp³-hybridized carbons (Fsp3) is 0.143. The van der Waals surface area contributed by atoms with Crippen LogP contribution < -0.4 is 4.74 Å². The first-order valence-corrected chi connectivity index (χ1v) is 6.03. The molecule has 21 heavy (non-hydrogen) atoms. The lowest BCUT2D eigenvalue weighted by molar-refractivity contribution is -0.385. The number of aromatic carboxylic acids is 1. The lowest BCUT2D eigenvalue weighted by atomic mass is 10.2. The molecule has 1 aromatic heterocycles. The van der Waals surface area contributed by atoms with Gasteiger partial charge in [0, 0.05) is 12.3 Å². The van der Waals surface area contributed by atoms with Crippen LogP contribution in [0.1, 0.15) is 21.6 Å². The summed E-state index contributed by atoms with van der Waals surface area (Å²) in [6.45, 7) is 1.87. The molecule has 0 saturated carbocycles. The van der Waals surface area contributed by atoms with Crippen molar-refractivity contribution in [3.63, 3.8) is 0 Å². The first-order chi connectivity index (χ1) is 9.97. The molecule has 0 saturated heterocycles. The van der Waals surface area contributed by atoms with E-state index in [1.165, 1.54) is 24.4 Å². The second-order valence-electron chi connectivity index (χ2n) is 4.35. The van der Waals surface area contributed by atoms with Crippen LogP contribution in [0, 0.1) is 17.0 Å². The Morgan fingerprint density at radius 1 is 1.38 bits per heavy atom. The molecule has 1 heterocycles. The largest absolute Gasteiger partial charge is 0.488 e. The maximum Gasteiger partial charge on any atom is 0.354 e. The molecule has 0 radical (unpaired) electrons. The number of carboxylic acids is 1. The third kappa shape index (κ3) is 3.53. The zero-order valence-corrected chi connectivity index (χ0v) is 11.1. The Bertz CT molecular complexity index is 700. The fourth-order valence-corrected chi connectivity index (χ4v) is 1.70. The number of rotatable bonds is 5. The third-order valence-corrected chi connectivity index (χ3v) is 2.82. The highest BCUT2D eigenvalue weighted by atomic mass is 16.6. The van der Waals surface area contributed by atoms with Gasteiger partial charge in [0.05, 0.1) is 11.0 Å². The average molecular weight is 288 g/mol. The summed E-state index contributed by atoms with van der Waals surface area (Å²) < 4.78 is 5.52. The number of non-ortho nitro benzene ring substituents is 1. The Morgan fingerprint density at radius 3 is 2.81 bits per heavy atom. The van der Waals surface area contributed by atoms with Crippen molar-refractivity contribution in [2.45, 2.75) is 13.5 Å². The van der Waals surface area contributed by atoms with Crippen LogP contribution in [0.5, 0.6) is 5.75 Å². The quantitative estimate of drug-likeness (QED) is 0.670. The minimum absolute atomic E-state index is 0.0587. The molecular formula is C14H12N2O5. The SMILES string of the molecule is Cc1ccc([N+](=O)[O-])cc1OCc1ccnc(C(=O)O)c1. The molecule has 0 fully saturated rings. The monoisotopic (exact) mass is 288 g/mol. The molecule has 0 aliphatic rings. The Balaban J connectivity index is 2.16. The zero-order chi connectivity index (χ0) is 15.4. The van der Waals surface area contributed by atoms with Crippen LogP contribution in [-0.2, 0) is 6.61 Å². The highest BCUT2D eigenvalue weighted by Crippen LogP contribution is 2.24. The van der Waals surface area contributed by atoms with Crippen LogP contribution in [0.2, 0.25) is 0 Å². The van der Waals surface area contributed by atoms with Gasteiger partial charge in [-0.25, -0.2) is 9.78 Å². The summed E-state index contributed by atoms with van der Waals surface area (Å²) in [6, 6.07) is 7.36. The van der Waals surface area contributed by atoms with Gasteiger partial charge >= 0.3 is 5.97 Å². The molecule has 1 N–H and O–H groups in total. The van der Waals surface area contributed by atoms with E-state index in [9.17, 15) is 14.9 Å². The Hall–Kier alpha value is -2.96. The van der Waals surface area contributed by atoms with Gasteiger partial charge in [-0.1, -0.05) is 0 Å². The zero-order valence-electron chi connectivity index (χ0n) is 11.1. The predicted molar refractivity (Wildman–Crippen MR) is 73.4 cm³/mol. The van der Waals surface area contributed by atoms with E-state index >= 15 is 0 Å². The van der Waals surface area contributed by atoms with Crippen LogP contribution >= 0.6 is 0 Å². The molecule has 108 valence electrons. The average Bonchev–Trinajstić information content (AvgIpc) is 2.46. The minimum Gasteiger partial charge on any atom is -0.488 e. The van der Waals surface area contributed by atoms with E-state index < -0.39 is 10.9 Å². The minimum atomic E-state index is -1.12. The summed E-state index contributed by atoms with van der Waals surface area (Å²) >= 11 is 0. The number of pyridine rings is 1. The maximum absolute atomic E-state index is 10.8. The third-order valence-electron chi connectivity index (χ3n) is 2.82. The van der Waals surface area contributed by atoms with Crippen LogP contribution in [0.25, 0.3) is 0 Å². The molecule has 0 spiro atoms. The molecule has 2 rings (SSSR count). The van der Waals surface area contributed by atoms with Gasteiger partial charge in [0.15, 0.2) is 0 Å². The van der Waals surface area contributed by atoms with Crippen LogP contribution in [-0.4, -0.2) is 21.0 Å². The van der Waals surface area contributed by atoms with Crippen LogP contribution in [0.4, 0.5) is 5.69 Å². The van der Waals surface area contributed by atoms with Crippen molar-refractivity contribution < 1.29 is 19.6 Å². The van der Waals surface area contributed by atoms with Crippen LogP contribution in [0.3, 0.4) is 0 Å². The number of carbonyl (C=O) groups is 1. The first-order valence-electron chi connectivity index (χ1n) is 6.03. The van der Waals surface area contributed by atoms with Crippen LogP contribution in [0.15, 0.2) is 36.5 Å². The fourth-order valence-electron chi connectivity index (χ4n) is 1.70. The van der Waals surface area contributed by atoms with Gasteiger partial charge in [-0.3, -0.25) is 10.1 Å². The molecule has 7 nitrogen and oxygen atoms in total. The molecule has 1 aromatic carbocycles. The topological polar surface area (TPSA) is 103 Å². The molecule has 0 atom stereocenters. The second-order valence-corrected chi connectivity index (χ2v) is 4.35. The number of nitro groups is 1. The van der Waals surface area contributed by atoms with E-state index in [4.69, 9.17) is 9.84 Å². The number of ether oxygens (including phenoxy) is 1. The molecule has 0 aliphatic heterocycles. The van der Waals surface area contributed by atoms with Gasteiger partial charge < -0.3 is 9.84 Å². The lowest BCUT2D eigenvalue weighted by Crippen LogP contribution is -2.03. The number of nitro benzene ring substituents is 1. The number of hydrogen-bond acceptors (Lipinski definition) is 5. The van der Waals surface area contributed by atoms with Gasteiger partial charge in [0.1, 0.15) is 18.1 Å². The van der Waals surface area contributed by atoms with E-state index in [1.807, 2.05) is 0 Å². The van der Waals surface area contributed by atoms with Gasteiger partial charge in [-0.2, -0.15) is 0 Å². The van der Waals surface area contributed by atoms with E-state index in [2.05, 4.69) is 4.98 Å². The molecule has 0 aliphatic carbocycles. The van der Waals surface area contributed by atoms with Crippen molar-refractivity contribution in [1.29, 1.82) is 0 Å². The number of hydrogen-bond donors (Lipinski definition) is 1. The van der Waals surface area contributed by atoms with Crippen molar-refractivity contribution in [3.05, 3.63) is 63.5 Å². The number of aromatic nitrogens is 1. The summed E-state index contributed by atoms with van der Waals surface area (Å²) in [5.74, 6) is -0.735. The van der Waals surface area contributed by atoms with Crippen molar-refractivity contribution in [1.82, 2.24) is 4.98 Å². The Labute approximate surface area is 120 Å². The summed E-state index contributed by atoms with van der Waals surface area (Å²) in [7, 11) is 0. The Kier molecular flexibility index (Phi) is 4.13.